The Morgan fingerprint density at radius 2 is 1.55 bits per heavy atom. The first-order valence-electron chi connectivity index (χ1n) is 8.95. The summed E-state index contributed by atoms with van der Waals surface area (Å²) in [6.45, 7) is 3.52. The number of nitrogens with zero attached hydrogens (tertiary/aromatic N) is 2. The Morgan fingerprint density at radius 3 is 2.07 bits per heavy atom. The van der Waals surface area contributed by atoms with Crippen LogP contribution in [0, 0.1) is 19.7 Å². The Labute approximate surface area is 168 Å². The second-order valence-corrected chi connectivity index (χ2v) is 6.58. The van der Waals surface area contributed by atoms with Crippen LogP contribution in [0.5, 0.6) is 6.01 Å². The highest BCUT2D eigenvalue weighted by molar-refractivity contribution is 5.76. The van der Waals surface area contributed by atoms with Crippen LogP contribution in [0.15, 0.2) is 60.7 Å². The predicted molar refractivity (Wildman–Crippen MR) is 104 cm³/mol. The number of aryl methyl sites for hydroxylation is 2. The number of carboxylic acid groups (broad SMARTS) is 1. The average molecular weight is 396 g/mol. The summed E-state index contributed by atoms with van der Waals surface area (Å²) in [5, 5.41) is 10.1. The maximum atomic E-state index is 13.6. The minimum atomic E-state index is -1.57. The fraction of sp³-hybridized carbons (Fsp3) is 0.227. The van der Waals surface area contributed by atoms with E-state index in [0.717, 1.165) is 0 Å². The number of ether oxygens (including phenoxy) is 2. The largest absolute Gasteiger partial charge is 0.478 e. The third-order valence-corrected chi connectivity index (χ3v) is 4.58. The Kier molecular flexibility index (Phi) is 5.89. The molecule has 0 bridgehead atoms. The summed E-state index contributed by atoms with van der Waals surface area (Å²) in [6, 6.07) is 15.9. The standard InChI is InChI=1S/C22H21FN2O4/c1-14-13-15(2)25-21(24-14)29-19(20(26)27)22(28-3,16-7-5-4-6-8-16)17-9-11-18(23)12-10-17/h4-13,19H,1-3H3,(H,26,27). The van der Waals surface area contributed by atoms with Gasteiger partial charge in [0, 0.05) is 18.5 Å². The van der Waals surface area contributed by atoms with Gasteiger partial charge in [0.05, 0.1) is 0 Å². The fourth-order valence-corrected chi connectivity index (χ4v) is 3.35. The van der Waals surface area contributed by atoms with E-state index in [1.165, 1.54) is 31.4 Å². The summed E-state index contributed by atoms with van der Waals surface area (Å²) in [7, 11) is 1.39. The van der Waals surface area contributed by atoms with Crippen molar-refractivity contribution in [3.63, 3.8) is 0 Å². The topological polar surface area (TPSA) is 81.5 Å². The zero-order valence-electron chi connectivity index (χ0n) is 16.3. The van der Waals surface area contributed by atoms with Crippen molar-refractivity contribution in [3.05, 3.63) is 89.0 Å². The van der Waals surface area contributed by atoms with Crippen molar-refractivity contribution < 1.29 is 23.8 Å². The molecular formula is C22H21FN2O4. The minimum absolute atomic E-state index is 0.0747. The lowest BCUT2D eigenvalue weighted by atomic mass is 9.81. The molecule has 150 valence electrons. The van der Waals surface area contributed by atoms with Crippen LogP contribution in [0.3, 0.4) is 0 Å². The van der Waals surface area contributed by atoms with Crippen molar-refractivity contribution in [2.45, 2.75) is 25.6 Å². The molecule has 0 aliphatic carbocycles. The fourth-order valence-electron chi connectivity index (χ4n) is 3.35. The molecular weight excluding hydrogens is 375 g/mol. The van der Waals surface area contributed by atoms with Crippen molar-refractivity contribution in [3.8, 4) is 6.01 Å². The minimum Gasteiger partial charge on any atom is -0.478 e. The summed E-state index contributed by atoms with van der Waals surface area (Å²) in [5.41, 5.74) is 0.666. The van der Waals surface area contributed by atoms with Gasteiger partial charge in [-0.25, -0.2) is 19.2 Å². The van der Waals surface area contributed by atoms with Gasteiger partial charge in [0.1, 0.15) is 5.82 Å². The number of aromatic nitrogens is 2. The van der Waals surface area contributed by atoms with Crippen LogP contribution in [0.1, 0.15) is 22.5 Å². The molecule has 6 nitrogen and oxygen atoms in total. The highest BCUT2D eigenvalue weighted by atomic mass is 19.1. The zero-order chi connectivity index (χ0) is 21.0. The first-order chi connectivity index (χ1) is 13.9. The summed E-state index contributed by atoms with van der Waals surface area (Å²) in [6.07, 6.45) is -1.54. The molecule has 0 spiro atoms. The normalized spacial score (nSPS) is 14.1. The van der Waals surface area contributed by atoms with Crippen molar-refractivity contribution in [1.82, 2.24) is 9.97 Å². The molecule has 1 heterocycles. The van der Waals surface area contributed by atoms with Gasteiger partial charge in [-0.1, -0.05) is 42.5 Å². The Balaban J connectivity index is 2.21. The van der Waals surface area contributed by atoms with E-state index in [4.69, 9.17) is 9.47 Å². The van der Waals surface area contributed by atoms with Crippen molar-refractivity contribution in [1.29, 1.82) is 0 Å². The van der Waals surface area contributed by atoms with Gasteiger partial charge in [-0.15, -0.1) is 0 Å². The van der Waals surface area contributed by atoms with Crippen LogP contribution in [0.2, 0.25) is 0 Å². The molecule has 2 unspecified atom stereocenters. The third-order valence-electron chi connectivity index (χ3n) is 4.58. The lowest BCUT2D eigenvalue weighted by Crippen LogP contribution is -2.50. The van der Waals surface area contributed by atoms with Crippen molar-refractivity contribution >= 4 is 5.97 Å². The number of hydrogen-bond acceptors (Lipinski definition) is 5. The number of benzene rings is 2. The zero-order valence-corrected chi connectivity index (χ0v) is 16.3. The van der Waals surface area contributed by atoms with Crippen molar-refractivity contribution in [2.75, 3.05) is 7.11 Å². The number of carboxylic acids is 1. The van der Waals surface area contributed by atoms with Gasteiger partial charge in [-0.3, -0.25) is 0 Å². The quantitative estimate of drug-likeness (QED) is 0.656. The molecule has 1 N–H and O–H groups in total. The summed E-state index contributed by atoms with van der Waals surface area (Å²) in [5.74, 6) is -1.72. The number of halogens is 1. The molecule has 0 saturated heterocycles. The Morgan fingerprint density at radius 1 is 1.00 bits per heavy atom. The number of methoxy groups -OCH3 is 1. The molecule has 0 aliphatic heterocycles. The van der Waals surface area contributed by atoms with E-state index < -0.39 is 23.5 Å². The van der Waals surface area contributed by atoms with Gasteiger partial charge in [0.15, 0.2) is 5.60 Å². The smallest absolute Gasteiger partial charge is 0.348 e. The molecule has 3 rings (SSSR count). The maximum Gasteiger partial charge on any atom is 0.348 e. The highest BCUT2D eigenvalue weighted by Gasteiger charge is 2.49. The number of hydrogen-bond donors (Lipinski definition) is 1. The lowest BCUT2D eigenvalue weighted by Gasteiger charge is -2.37. The highest BCUT2D eigenvalue weighted by Crippen LogP contribution is 2.38. The molecule has 0 radical (unpaired) electrons. The Hall–Kier alpha value is -3.32. The van der Waals surface area contributed by atoms with E-state index >= 15 is 0 Å². The van der Waals surface area contributed by atoms with Gasteiger partial charge in [-0.2, -0.15) is 0 Å². The second-order valence-electron chi connectivity index (χ2n) is 6.58. The maximum absolute atomic E-state index is 13.6. The molecule has 0 fully saturated rings. The number of carbonyl (C=O) groups is 1. The monoisotopic (exact) mass is 396 g/mol. The predicted octanol–water partition coefficient (Wildman–Crippen LogP) is 3.65. The van der Waals surface area contributed by atoms with Crippen molar-refractivity contribution in [2.24, 2.45) is 0 Å². The lowest BCUT2D eigenvalue weighted by molar-refractivity contribution is -0.160. The summed E-state index contributed by atoms with van der Waals surface area (Å²) >= 11 is 0. The molecule has 3 aromatic rings. The first-order valence-corrected chi connectivity index (χ1v) is 8.95. The number of aliphatic carboxylic acids is 1. The molecule has 0 amide bonds. The van der Waals surface area contributed by atoms with Crippen LogP contribution in [0.4, 0.5) is 4.39 Å². The number of rotatable bonds is 7. The SMILES string of the molecule is COC(c1ccccc1)(c1ccc(F)cc1)C(Oc1nc(C)cc(C)n1)C(=O)O. The molecule has 7 heteroatoms. The van der Waals surface area contributed by atoms with E-state index in [0.29, 0.717) is 22.5 Å². The molecule has 2 aromatic carbocycles. The van der Waals surface area contributed by atoms with E-state index in [9.17, 15) is 14.3 Å². The van der Waals surface area contributed by atoms with Gasteiger partial charge in [-0.05, 0) is 43.2 Å². The van der Waals surface area contributed by atoms with Crippen LogP contribution in [-0.2, 0) is 15.1 Å². The van der Waals surface area contributed by atoms with Crippen LogP contribution >= 0.6 is 0 Å². The average Bonchev–Trinajstić information content (AvgIpc) is 2.69. The molecule has 0 saturated carbocycles. The van der Waals surface area contributed by atoms with Gasteiger partial charge in [0.2, 0.25) is 6.10 Å². The van der Waals surface area contributed by atoms with E-state index in [-0.39, 0.29) is 6.01 Å². The van der Waals surface area contributed by atoms with Crippen LogP contribution in [-0.4, -0.2) is 34.3 Å². The van der Waals surface area contributed by atoms with Gasteiger partial charge in [0.25, 0.3) is 0 Å². The molecule has 2 atom stereocenters. The molecule has 0 aliphatic rings. The molecule has 1 aromatic heterocycles. The van der Waals surface area contributed by atoms with E-state index in [1.807, 2.05) is 0 Å². The first kappa shape index (κ1) is 20.4. The molecule has 29 heavy (non-hydrogen) atoms. The van der Waals surface area contributed by atoms with Crippen LogP contribution < -0.4 is 4.74 Å². The van der Waals surface area contributed by atoms with Gasteiger partial charge < -0.3 is 14.6 Å². The third kappa shape index (κ3) is 4.09. The Bertz CT molecular complexity index is 975. The summed E-state index contributed by atoms with van der Waals surface area (Å²) < 4.78 is 25.2. The van der Waals surface area contributed by atoms with Gasteiger partial charge >= 0.3 is 12.0 Å². The second kappa shape index (κ2) is 8.36. The summed E-state index contributed by atoms with van der Waals surface area (Å²) in [4.78, 5) is 20.7. The van der Waals surface area contributed by atoms with Crippen LogP contribution in [0.25, 0.3) is 0 Å². The van der Waals surface area contributed by atoms with E-state index in [2.05, 4.69) is 9.97 Å². The van der Waals surface area contributed by atoms with E-state index in [1.54, 1.807) is 50.2 Å².